The van der Waals surface area contributed by atoms with Crippen molar-refractivity contribution in [2.24, 2.45) is 5.92 Å². The van der Waals surface area contributed by atoms with Crippen molar-refractivity contribution in [1.82, 2.24) is 5.32 Å². The fraction of sp³-hybridized carbons (Fsp3) is 0.636. The van der Waals surface area contributed by atoms with Crippen molar-refractivity contribution in [3.05, 3.63) is 24.2 Å². The first-order chi connectivity index (χ1) is 6.74. The highest BCUT2D eigenvalue weighted by Gasteiger charge is 2.12. The van der Waals surface area contributed by atoms with Crippen molar-refractivity contribution in [1.29, 1.82) is 0 Å². The van der Waals surface area contributed by atoms with E-state index in [1.807, 2.05) is 12.1 Å². The molecule has 3 nitrogen and oxygen atoms in total. The Morgan fingerprint density at radius 1 is 1.50 bits per heavy atom. The molecule has 0 bridgehead atoms. The number of nitrogens with one attached hydrogen (secondary N) is 1. The normalized spacial score (nSPS) is 13.4. The van der Waals surface area contributed by atoms with Crippen LogP contribution < -0.4 is 5.32 Å². The van der Waals surface area contributed by atoms with Crippen molar-refractivity contribution in [2.75, 3.05) is 6.61 Å². The van der Waals surface area contributed by atoms with Gasteiger partial charge in [-0.1, -0.05) is 13.8 Å². The van der Waals surface area contributed by atoms with Gasteiger partial charge in [0, 0.05) is 12.6 Å². The molecule has 1 aromatic rings. The van der Waals surface area contributed by atoms with E-state index < -0.39 is 0 Å². The number of aliphatic hydroxyl groups is 1. The number of hydrogen-bond donors (Lipinski definition) is 2. The topological polar surface area (TPSA) is 45.4 Å². The standard InChI is InChI=1S/C11H19NO2/c1-9(2)11(5-6-13)12-8-10-4-3-7-14-10/h3-4,7,9,11-13H,5-6,8H2,1-2H3. The second-order valence-corrected chi connectivity index (χ2v) is 3.82. The van der Waals surface area contributed by atoms with E-state index in [0.29, 0.717) is 12.0 Å². The van der Waals surface area contributed by atoms with E-state index in [1.165, 1.54) is 0 Å². The summed E-state index contributed by atoms with van der Waals surface area (Å²) in [5, 5.41) is 12.2. The minimum atomic E-state index is 0.230. The smallest absolute Gasteiger partial charge is 0.117 e. The van der Waals surface area contributed by atoms with Gasteiger partial charge in [-0.15, -0.1) is 0 Å². The Balaban J connectivity index is 2.33. The van der Waals surface area contributed by atoms with Gasteiger partial charge in [-0.2, -0.15) is 0 Å². The molecule has 0 saturated carbocycles. The van der Waals surface area contributed by atoms with Crippen LogP contribution in [0.4, 0.5) is 0 Å². The van der Waals surface area contributed by atoms with Crippen LogP contribution in [0.25, 0.3) is 0 Å². The highest BCUT2D eigenvalue weighted by molar-refractivity contribution is 4.97. The molecular formula is C11H19NO2. The van der Waals surface area contributed by atoms with Crippen LogP contribution in [0.3, 0.4) is 0 Å². The third kappa shape index (κ3) is 3.52. The van der Waals surface area contributed by atoms with E-state index in [4.69, 9.17) is 9.52 Å². The second-order valence-electron chi connectivity index (χ2n) is 3.82. The SMILES string of the molecule is CC(C)C(CCO)NCc1ccco1. The molecule has 1 aromatic heterocycles. The monoisotopic (exact) mass is 197 g/mol. The summed E-state index contributed by atoms with van der Waals surface area (Å²) in [6, 6.07) is 4.18. The molecular weight excluding hydrogens is 178 g/mol. The van der Waals surface area contributed by atoms with Crippen LogP contribution in [0.2, 0.25) is 0 Å². The lowest BCUT2D eigenvalue weighted by Crippen LogP contribution is -2.34. The van der Waals surface area contributed by atoms with Gasteiger partial charge >= 0.3 is 0 Å². The maximum Gasteiger partial charge on any atom is 0.117 e. The van der Waals surface area contributed by atoms with Gasteiger partial charge in [0.25, 0.3) is 0 Å². The van der Waals surface area contributed by atoms with Crippen LogP contribution in [0.15, 0.2) is 22.8 Å². The summed E-state index contributed by atoms with van der Waals surface area (Å²) in [7, 11) is 0. The Labute approximate surface area is 85.1 Å². The van der Waals surface area contributed by atoms with E-state index in [1.54, 1.807) is 6.26 Å². The molecule has 14 heavy (non-hydrogen) atoms. The summed E-state index contributed by atoms with van der Waals surface area (Å²) in [4.78, 5) is 0. The number of rotatable bonds is 6. The van der Waals surface area contributed by atoms with Gasteiger partial charge in [-0.25, -0.2) is 0 Å². The largest absolute Gasteiger partial charge is 0.468 e. The third-order valence-electron chi connectivity index (χ3n) is 2.36. The summed E-state index contributed by atoms with van der Waals surface area (Å²) >= 11 is 0. The molecule has 0 aliphatic heterocycles. The molecule has 1 rings (SSSR count). The van der Waals surface area contributed by atoms with E-state index in [2.05, 4.69) is 19.2 Å². The van der Waals surface area contributed by atoms with Crippen molar-refractivity contribution in [3.8, 4) is 0 Å². The summed E-state index contributed by atoms with van der Waals surface area (Å²) in [5.74, 6) is 1.46. The first-order valence-electron chi connectivity index (χ1n) is 5.10. The molecule has 0 radical (unpaired) electrons. The maximum atomic E-state index is 8.88. The number of aliphatic hydroxyl groups excluding tert-OH is 1. The minimum Gasteiger partial charge on any atom is -0.468 e. The van der Waals surface area contributed by atoms with Crippen LogP contribution in [-0.4, -0.2) is 17.8 Å². The summed E-state index contributed by atoms with van der Waals surface area (Å²) in [6.07, 6.45) is 2.46. The summed E-state index contributed by atoms with van der Waals surface area (Å²) in [5.41, 5.74) is 0. The molecule has 1 unspecified atom stereocenters. The quantitative estimate of drug-likeness (QED) is 0.730. The van der Waals surface area contributed by atoms with Gasteiger partial charge < -0.3 is 14.8 Å². The second kappa shape index (κ2) is 5.83. The predicted molar refractivity (Wildman–Crippen MR) is 55.9 cm³/mol. The van der Waals surface area contributed by atoms with Crippen LogP contribution >= 0.6 is 0 Å². The fourth-order valence-corrected chi connectivity index (χ4v) is 1.46. The van der Waals surface area contributed by atoms with E-state index in [-0.39, 0.29) is 6.61 Å². The highest BCUT2D eigenvalue weighted by Crippen LogP contribution is 2.07. The molecule has 0 aliphatic rings. The van der Waals surface area contributed by atoms with Gasteiger partial charge in [-0.05, 0) is 24.5 Å². The number of hydrogen-bond acceptors (Lipinski definition) is 3. The third-order valence-corrected chi connectivity index (χ3v) is 2.36. The van der Waals surface area contributed by atoms with Crippen LogP contribution in [0.1, 0.15) is 26.0 Å². The average Bonchev–Trinajstić information content (AvgIpc) is 2.64. The molecule has 0 aromatic carbocycles. The van der Waals surface area contributed by atoms with E-state index >= 15 is 0 Å². The van der Waals surface area contributed by atoms with Gasteiger partial charge in [0.1, 0.15) is 5.76 Å². The van der Waals surface area contributed by atoms with Crippen molar-refractivity contribution in [3.63, 3.8) is 0 Å². The molecule has 0 aliphatic carbocycles. The van der Waals surface area contributed by atoms with Crippen molar-refractivity contribution >= 4 is 0 Å². The molecule has 80 valence electrons. The lowest BCUT2D eigenvalue weighted by Gasteiger charge is -2.20. The molecule has 2 N–H and O–H groups in total. The first-order valence-corrected chi connectivity index (χ1v) is 5.10. The zero-order chi connectivity index (χ0) is 10.4. The molecule has 0 saturated heterocycles. The predicted octanol–water partition coefficient (Wildman–Crippen LogP) is 1.78. The Morgan fingerprint density at radius 3 is 2.79 bits per heavy atom. The average molecular weight is 197 g/mol. The van der Waals surface area contributed by atoms with Crippen molar-refractivity contribution in [2.45, 2.75) is 32.9 Å². The molecule has 1 atom stereocenters. The molecule has 0 spiro atoms. The van der Waals surface area contributed by atoms with Gasteiger partial charge in [0.05, 0.1) is 12.8 Å². The molecule has 3 heteroatoms. The number of furan rings is 1. The Morgan fingerprint density at radius 2 is 2.29 bits per heavy atom. The summed E-state index contributed by atoms with van der Waals surface area (Å²) < 4.78 is 5.22. The molecule has 0 amide bonds. The molecule has 1 heterocycles. The van der Waals surface area contributed by atoms with Crippen LogP contribution in [0.5, 0.6) is 0 Å². The fourth-order valence-electron chi connectivity index (χ4n) is 1.46. The zero-order valence-corrected chi connectivity index (χ0v) is 8.86. The lowest BCUT2D eigenvalue weighted by atomic mass is 10.0. The Kier molecular flexibility index (Phi) is 4.70. The van der Waals surface area contributed by atoms with Gasteiger partial charge in [0.15, 0.2) is 0 Å². The van der Waals surface area contributed by atoms with Crippen molar-refractivity contribution < 1.29 is 9.52 Å². The van der Waals surface area contributed by atoms with Gasteiger partial charge in [-0.3, -0.25) is 0 Å². The lowest BCUT2D eigenvalue weighted by molar-refractivity contribution is 0.241. The zero-order valence-electron chi connectivity index (χ0n) is 8.86. The van der Waals surface area contributed by atoms with Crippen LogP contribution in [0, 0.1) is 5.92 Å². The van der Waals surface area contributed by atoms with Gasteiger partial charge in [0.2, 0.25) is 0 Å². The maximum absolute atomic E-state index is 8.88. The summed E-state index contributed by atoms with van der Waals surface area (Å²) in [6.45, 7) is 5.26. The highest BCUT2D eigenvalue weighted by atomic mass is 16.3. The first kappa shape index (κ1) is 11.3. The van der Waals surface area contributed by atoms with E-state index in [9.17, 15) is 0 Å². The molecule has 0 fully saturated rings. The Bertz CT molecular complexity index is 231. The minimum absolute atomic E-state index is 0.230. The van der Waals surface area contributed by atoms with Crippen LogP contribution in [-0.2, 0) is 6.54 Å². The Hall–Kier alpha value is -0.800. The van der Waals surface area contributed by atoms with E-state index in [0.717, 1.165) is 18.7 Å².